The van der Waals surface area contributed by atoms with E-state index in [1.54, 1.807) is 0 Å². The van der Waals surface area contributed by atoms with Crippen molar-refractivity contribution in [3.05, 3.63) is 69.3 Å². The normalized spacial score (nSPS) is 28.9. The summed E-state index contributed by atoms with van der Waals surface area (Å²) in [5.41, 5.74) is 2.66. The van der Waals surface area contributed by atoms with E-state index in [2.05, 4.69) is 13.0 Å². The van der Waals surface area contributed by atoms with Gasteiger partial charge in [0.1, 0.15) is 11.5 Å². The second kappa shape index (κ2) is 7.29. The van der Waals surface area contributed by atoms with E-state index >= 15 is 0 Å². The Bertz CT molecular complexity index is 1080. The van der Waals surface area contributed by atoms with Gasteiger partial charge in [0.25, 0.3) is 5.69 Å². The van der Waals surface area contributed by atoms with Crippen LogP contribution in [0.1, 0.15) is 66.4 Å². The van der Waals surface area contributed by atoms with Crippen LogP contribution in [0.4, 0.5) is 5.69 Å². The number of hydrogen-bond donors (Lipinski definition) is 0. The molecule has 6 nitrogen and oxygen atoms in total. The molecule has 0 unspecified atom stereocenters. The van der Waals surface area contributed by atoms with Crippen LogP contribution in [-0.4, -0.2) is 16.7 Å². The maximum absolute atomic E-state index is 12.5. The fourth-order valence-corrected chi connectivity index (χ4v) is 6.28. The molecule has 5 rings (SSSR count). The predicted molar refractivity (Wildman–Crippen MR) is 114 cm³/mol. The van der Waals surface area contributed by atoms with Gasteiger partial charge in [-0.05, 0) is 85.3 Å². The van der Waals surface area contributed by atoms with Crippen LogP contribution >= 0.6 is 0 Å². The van der Waals surface area contributed by atoms with Crippen molar-refractivity contribution in [1.82, 2.24) is 0 Å². The highest BCUT2D eigenvalue weighted by atomic mass is 16.6. The summed E-state index contributed by atoms with van der Waals surface area (Å²) >= 11 is 0. The Morgan fingerprint density at radius 2 is 1.87 bits per heavy atom. The molecule has 0 radical (unpaired) electrons. The third kappa shape index (κ3) is 3.25. The minimum Gasteiger partial charge on any atom is -0.423 e. The molecular formula is C25H25NO5. The minimum atomic E-state index is -0.526. The highest BCUT2D eigenvalue weighted by molar-refractivity contribution is 5.91. The van der Waals surface area contributed by atoms with Crippen LogP contribution < -0.4 is 4.74 Å². The summed E-state index contributed by atoms with van der Waals surface area (Å²) in [7, 11) is 0. The number of nitrogens with zero attached hydrogens (tertiary/aromatic N) is 1. The Labute approximate surface area is 180 Å². The maximum atomic E-state index is 12.5. The second-order valence-electron chi connectivity index (χ2n) is 9.39. The second-order valence-corrected chi connectivity index (χ2v) is 9.39. The van der Waals surface area contributed by atoms with E-state index in [-0.39, 0.29) is 16.7 Å². The van der Waals surface area contributed by atoms with Gasteiger partial charge in [-0.15, -0.1) is 0 Å². The Hall–Kier alpha value is -3.02. The van der Waals surface area contributed by atoms with E-state index in [4.69, 9.17) is 4.74 Å². The molecule has 2 aromatic rings. The van der Waals surface area contributed by atoms with Gasteiger partial charge in [-0.25, -0.2) is 4.79 Å². The first kappa shape index (κ1) is 19.9. The first-order chi connectivity index (χ1) is 14.9. The number of aryl methyl sites for hydroxylation is 1. The van der Waals surface area contributed by atoms with Gasteiger partial charge in [0.15, 0.2) is 0 Å². The summed E-state index contributed by atoms with van der Waals surface area (Å²) in [4.78, 5) is 35.2. The Morgan fingerprint density at radius 1 is 1.10 bits per heavy atom. The Kier molecular flexibility index (Phi) is 4.68. The lowest BCUT2D eigenvalue weighted by molar-refractivity contribution is -0.384. The molecule has 0 aromatic heterocycles. The zero-order valence-electron chi connectivity index (χ0n) is 17.5. The molecule has 3 aliphatic rings. The van der Waals surface area contributed by atoms with Gasteiger partial charge in [0, 0.05) is 24.0 Å². The van der Waals surface area contributed by atoms with E-state index in [0.29, 0.717) is 29.3 Å². The van der Waals surface area contributed by atoms with Gasteiger partial charge in [-0.2, -0.15) is 0 Å². The molecule has 2 fully saturated rings. The van der Waals surface area contributed by atoms with Crippen molar-refractivity contribution in [3.8, 4) is 5.75 Å². The van der Waals surface area contributed by atoms with E-state index in [9.17, 15) is 19.7 Å². The van der Waals surface area contributed by atoms with Crippen LogP contribution in [0.2, 0.25) is 0 Å². The Morgan fingerprint density at radius 3 is 2.61 bits per heavy atom. The molecule has 2 aromatic carbocycles. The molecule has 4 atom stereocenters. The number of ether oxygens (including phenoxy) is 1. The van der Waals surface area contributed by atoms with E-state index in [1.165, 1.54) is 35.4 Å². The number of nitro benzene ring substituents is 1. The van der Waals surface area contributed by atoms with Crippen LogP contribution in [0.5, 0.6) is 5.75 Å². The topological polar surface area (TPSA) is 86.5 Å². The highest BCUT2D eigenvalue weighted by Crippen LogP contribution is 2.59. The molecular weight excluding hydrogens is 394 g/mol. The SMILES string of the molecule is C[C@]12CC[C@@H]3c4ccc(OC(=O)c5ccc([N+](=O)[O-])cc5)cc4CC[C@H]3[C@@H]1CCC2=O. The monoisotopic (exact) mass is 419 g/mol. The fraction of sp³-hybridized carbons (Fsp3) is 0.440. The summed E-state index contributed by atoms with van der Waals surface area (Å²) in [6.07, 6.45) is 5.77. The van der Waals surface area contributed by atoms with Crippen LogP contribution in [0.3, 0.4) is 0 Å². The summed E-state index contributed by atoms with van der Waals surface area (Å²) in [6.45, 7) is 2.18. The summed E-state index contributed by atoms with van der Waals surface area (Å²) in [5, 5.41) is 10.8. The molecule has 0 heterocycles. The summed E-state index contributed by atoms with van der Waals surface area (Å²) in [6, 6.07) is 11.3. The number of Topliss-reactive ketones (excluding diaryl/α,β-unsaturated/α-hetero) is 1. The van der Waals surface area contributed by atoms with Crippen LogP contribution in [0.15, 0.2) is 42.5 Å². The minimum absolute atomic E-state index is 0.0626. The lowest BCUT2D eigenvalue weighted by atomic mass is 9.55. The molecule has 0 spiro atoms. The fourth-order valence-electron chi connectivity index (χ4n) is 6.28. The van der Waals surface area contributed by atoms with Crippen LogP contribution in [0.25, 0.3) is 0 Å². The van der Waals surface area contributed by atoms with Gasteiger partial charge < -0.3 is 4.74 Å². The quantitative estimate of drug-likeness (QED) is 0.294. The third-order valence-electron chi connectivity index (χ3n) is 7.93. The van der Waals surface area contributed by atoms with Crippen LogP contribution in [0, 0.1) is 27.4 Å². The molecule has 0 aliphatic heterocycles. The Balaban J connectivity index is 1.34. The molecule has 31 heavy (non-hydrogen) atoms. The van der Waals surface area contributed by atoms with Gasteiger partial charge >= 0.3 is 5.97 Å². The zero-order chi connectivity index (χ0) is 21.8. The number of carbonyl (C=O) groups excluding carboxylic acids is 2. The number of nitro groups is 1. The van der Waals surface area contributed by atoms with Crippen molar-refractivity contribution in [2.24, 2.45) is 17.3 Å². The largest absolute Gasteiger partial charge is 0.423 e. The molecule has 6 heteroatoms. The van der Waals surface area contributed by atoms with Crippen molar-refractivity contribution in [3.63, 3.8) is 0 Å². The summed E-state index contributed by atoms with van der Waals surface area (Å²) < 4.78 is 5.55. The average Bonchev–Trinajstić information content (AvgIpc) is 3.08. The molecule has 0 N–H and O–H groups in total. The number of ketones is 1. The van der Waals surface area contributed by atoms with E-state index in [0.717, 1.165) is 38.5 Å². The first-order valence-electron chi connectivity index (χ1n) is 11.0. The lowest BCUT2D eigenvalue weighted by Crippen LogP contribution is -2.42. The van der Waals surface area contributed by atoms with E-state index < -0.39 is 10.9 Å². The highest BCUT2D eigenvalue weighted by Gasteiger charge is 2.54. The lowest BCUT2D eigenvalue weighted by Gasteiger charge is -2.48. The summed E-state index contributed by atoms with van der Waals surface area (Å²) in [5.74, 6) is 1.96. The number of carbonyl (C=O) groups is 2. The van der Waals surface area contributed by atoms with Gasteiger partial charge in [-0.1, -0.05) is 13.0 Å². The van der Waals surface area contributed by atoms with Crippen molar-refractivity contribution in [2.45, 2.75) is 51.4 Å². The van der Waals surface area contributed by atoms with Crippen LogP contribution in [-0.2, 0) is 11.2 Å². The van der Waals surface area contributed by atoms with Crippen molar-refractivity contribution < 1.29 is 19.2 Å². The van der Waals surface area contributed by atoms with E-state index in [1.807, 2.05) is 12.1 Å². The van der Waals surface area contributed by atoms with Crippen molar-refractivity contribution in [1.29, 1.82) is 0 Å². The average molecular weight is 419 g/mol. The first-order valence-corrected chi connectivity index (χ1v) is 11.0. The smallest absolute Gasteiger partial charge is 0.343 e. The molecule has 3 aliphatic carbocycles. The molecule has 0 saturated heterocycles. The zero-order valence-corrected chi connectivity index (χ0v) is 17.5. The molecule has 160 valence electrons. The predicted octanol–water partition coefficient (Wildman–Crippen LogP) is 5.24. The number of hydrogen-bond acceptors (Lipinski definition) is 5. The third-order valence-corrected chi connectivity index (χ3v) is 7.93. The van der Waals surface area contributed by atoms with Gasteiger partial charge in [-0.3, -0.25) is 14.9 Å². The van der Waals surface area contributed by atoms with Crippen molar-refractivity contribution in [2.75, 3.05) is 0 Å². The van der Waals surface area contributed by atoms with Gasteiger partial charge in [0.05, 0.1) is 10.5 Å². The standard InChI is InChI=1S/C25H25NO5/c1-25-13-12-20-19-9-7-18(31-24(28)15-2-5-17(6-3-15)26(29)30)14-16(19)4-8-21(20)22(25)10-11-23(25)27/h2-3,5-7,9,14,20-22H,4,8,10-13H2,1H3/t20-,21-,22+,25+/m1/s1. The number of non-ortho nitro benzene ring substituents is 1. The number of esters is 1. The molecule has 0 amide bonds. The van der Waals surface area contributed by atoms with Crippen molar-refractivity contribution >= 4 is 17.4 Å². The maximum Gasteiger partial charge on any atom is 0.343 e. The number of rotatable bonds is 3. The van der Waals surface area contributed by atoms with Gasteiger partial charge in [0.2, 0.25) is 0 Å². The number of benzene rings is 2. The molecule has 0 bridgehead atoms. The number of fused-ring (bicyclic) bond motifs is 5. The molecule has 2 saturated carbocycles.